The van der Waals surface area contributed by atoms with Crippen molar-refractivity contribution in [3.63, 3.8) is 0 Å². The van der Waals surface area contributed by atoms with Crippen molar-refractivity contribution >= 4 is 27.4 Å². The van der Waals surface area contributed by atoms with Gasteiger partial charge in [-0.05, 0) is 24.2 Å². The lowest BCUT2D eigenvalue weighted by Crippen LogP contribution is -2.52. The Morgan fingerprint density at radius 2 is 2.19 bits per heavy atom. The summed E-state index contributed by atoms with van der Waals surface area (Å²) < 4.78 is 0. The molecular formula is C12H17N5O3S. The van der Waals surface area contributed by atoms with Crippen LogP contribution in [0.1, 0.15) is 12.8 Å². The number of rotatable bonds is 3. The van der Waals surface area contributed by atoms with Crippen LogP contribution in [0.5, 0.6) is 0 Å². The Morgan fingerprint density at radius 3 is 2.86 bits per heavy atom. The number of aromatic nitrogens is 1. The fraction of sp³-hybridized carbons (Fsp3) is 0.667. The van der Waals surface area contributed by atoms with Gasteiger partial charge in [0.05, 0.1) is 4.92 Å². The number of amides is 1. The number of thiazole rings is 1. The fourth-order valence-electron chi connectivity index (χ4n) is 2.82. The quantitative estimate of drug-likeness (QED) is 0.644. The summed E-state index contributed by atoms with van der Waals surface area (Å²) in [5.41, 5.74) is 0. The lowest BCUT2D eigenvalue weighted by atomic mass is 10.2. The number of nitrogens with zero attached hydrogens (tertiary/aromatic N) is 4. The molecule has 2 saturated heterocycles. The Morgan fingerprint density at radius 1 is 1.43 bits per heavy atom. The van der Waals surface area contributed by atoms with Crippen LogP contribution in [0.4, 0.5) is 10.1 Å². The molecule has 1 amide bonds. The van der Waals surface area contributed by atoms with Crippen LogP contribution in [0.25, 0.3) is 0 Å². The van der Waals surface area contributed by atoms with E-state index >= 15 is 0 Å². The molecule has 0 spiro atoms. The molecule has 1 aromatic rings. The van der Waals surface area contributed by atoms with Gasteiger partial charge in [-0.25, -0.2) is 4.98 Å². The van der Waals surface area contributed by atoms with Gasteiger partial charge < -0.3 is 15.1 Å². The minimum absolute atomic E-state index is 0.0188. The van der Waals surface area contributed by atoms with E-state index in [-0.39, 0.29) is 17.0 Å². The van der Waals surface area contributed by atoms with E-state index in [0.717, 1.165) is 56.9 Å². The Kier molecular flexibility index (Phi) is 4.02. The van der Waals surface area contributed by atoms with Crippen molar-refractivity contribution in [2.75, 3.05) is 37.6 Å². The molecule has 8 nitrogen and oxygen atoms in total. The lowest BCUT2D eigenvalue weighted by Gasteiger charge is -2.32. The third-order valence-electron chi connectivity index (χ3n) is 3.87. The largest absolute Gasteiger partial charge is 0.345 e. The molecule has 21 heavy (non-hydrogen) atoms. The minimum Gasteiger partial charge on any atom is -0.338 e. The Balaban J connectivity index is 1.74. The molecule has 1 aromatic heterocycles. The predicted molar refractivity (Wildman–Crippen MR) is 78.6 cm³/mol. The average Bonchev–Trinajstić information content (AvgIpc) is 3.16. The number of piperazine rings is 1. The van der Waals surface area contributed by atoms with Gasteiger partial charge in [0, 0.05) is 32.7 Å². The molecule has 2 fully saturated rings. The van der Waals surface area contributed by atoms with Crippen LogP contribution in [-0.2, 0) is 4.79 Å². The number of nitrogens with one attached hydrogen (secondary N) is 1. The molecule has 114 valence electrons. The standard InChI is InChI=1S/C12H17N5O3S/c18-11(15-6-3-13-4-7-15)9-2-1-5-16(9)12-14-8-10(21-12)17(19)20/h8-9,13H,1-7H2. The highest BCUT2D eigenvalue weighted by atomic mass is 32.1. The third kappa shape index (κ3) is 2.84. The molecule has 1 unspecified atom stereocenters. The van der Waals surface area contributed by atoms with Gasteiger partial charge in [-0.15, -0.1) is 0 Å². The number of anilines is 1. The summed E-state index contributed by atoms with van der Waals surface area (Å²) in [6.07, 6.45) is 2.97. The highest BCUT2D eigenvalue weighted by Crippen LogP contribution is 2.33. The first-order valence-corrected chi connectivity index (χ1v) is 7.85. The fourth-order valence-corrected chi connectivity index (χ4v) is 3.63. The second-order valence-corrected chi connectivity index (χ2v) is 6.15. The van der Waals surface area contributed by atoms with E-state index in [1.165, 1.54) is 6.20 Å². The van der Waals surface area contributed by atoms with Crippen molar-refractivity contribution in [1.29, 1.82) is 0 Å². The zero-order valence-electron chi connectivity index (χ0n) is 11.5. The third-order valence-corrected chi connectivity index (χ3v) is 4.86. The molecule has 2 aliphatic heterocycles. The molecule has 2 aliphatic rings. The Hall–Kier alpha value is -1.74. The van der Waals surface area contributed by atoms with E-state index in [1.54, 1.807) is 0 Å². The van der Waals surface area contributed by atoms with Crippen LogP contribution in [0.2, 0.25) is 0 Å². The molecule has 3 heterocycles. The van der Waals surface area contributed by atoms with Crippen LogP contribution in [0, 0.1) is 10.1 Å². The van der Waals surface area contributed by atoms with Gasteiger partial charge in [0.2, 0.25) is 5.91 Å². The Labute approximate surface area is 125 Å². The SMILES string of the molecule is O=C(C1CCCN1c1ncc([N+](=O)[O-])s1)N1CCNCC1. The van der Waals surface area contributed by atoms with E-state index in [1.807, 2.05) is 9.80 Å². The maximum atomic E-state index is 12.6. The normalized spacial score (nSPS) is 22.6. The first-order valence-electron chi connectivity index (χ1n) is 7.03. The predicted octanol–water partition coefficient (Wildman–Crippen LogP) is 0.452. The molecule has 0 aliphatic carbocycles. The highest BCUT2D eigenvalue weighted by molar-refractivity contribution is 7.18. The summed E-state index contributed by atoms with van der Waals surface area (Å²) in [6.45, 7) is 3.82. The van der Waals surface area contributed by atoms with Crippen LogP contribution in [-0.4, -0.2) is 59.5 Å². The molecular weight excluding hydrogens is 294 g/mol. The van der Waals surface area contributed by atoms with E-state index in [0.29, 0.717) is 5.13 Å². The van der Waals surface area contributed by atoms with Crippen molar-refractivity contribution in [1.82, 2.24) is 15.2 Å². The summed E-state index contributed by atoms with van der Waals surface area (Å²) >= 11 is 1.04. The second kappa shape index (κ2) is 5.94. The monoisotopic (exact) mass is 311 g/mol. The van der Waals surface area contributed by atoms with E-state index in [4.69, 9.17) is 0 Å². The molecule has 1 atom stereocenters. The molecule has 9 heteroatoms. The molecule has 1 N–H and O–H groups in total. The van der Waals surface area contributed by atoms with Crippen molar-refractivity contribution in [3.05, 3.63) is 16.3 Å². The van der Waals surface area contributed by atoms with Crippen LogP contribution >= 0.6 is 11.3 Å². The number of carbonyl (C=O) groups is 1. The topological polar surface area (TPSA) is 91.6 Å². The summed E-state index contributed by atoms with van der Waals surface area (Å²) in [4.78, 5) is 30.9. The smallest absolute Gasteiger partial charge is 0.338 e. The molecule has 0 bridgehead atoms. The van der Waals surface area contributed by atoms with E-state index in [2.05, 4.69) is 10.3 Å². The van der Waals surface area contributed by atoms with Crippen LogP contribution < -0.4 is 10.2 Å². The second-order valence-electron chi connectivity index (χ2n) is 5.16. The zero-order chi connectivity index (χ0) is 14.8. The van der Waals surface area contributed by atoms with Gasteiger partial charge >= 0.3 is 5.00 Å². The van der Waals surface area contributed by atoms with Gasteiger partial charge in [0.1, 0.15) is 12.2 Å². The number of hydrogen-bond acceptors (Lipinski definition) is 7. The molecule has 3 rings (SSSR count). The maximum absolute atomic E-state index is 12.6. The number of carbonyl (C=O) groups excluding carboxylic acids is 1. The summed E-state index contributed by atoms with van der Waals surface area (Å²) in [5.74, 6) is 0.117. The van der Waals surface area contributed by atoms with Crippen molar-refractivity contribution in [2.45, 2.75) is 18.9 Å². The maximum Gasteiger partial charge on any atom is 0.345 e. The van der Waals surface area contributed by atoms with Crippen molar-refractivity contribution in [2.24, 2.45) is 0 Å². The number of hydrogen-bond donors (Lipinski definition) is 1. The molecule has 0 radical (unpaired) electrons. The minimum atomic E-state index is -0.440. The molecule has 0 saturated carbocycles. The van der Waals surface area contributed by atoms with Crippen molar-refractivity contribution < 1.29 is 9.72 Å². The first kappa shape index (κ1) is 14.2. The summed E-state index contributed by atoms with van der Waals surface area (Å²) in [7, 11) is 0. The van der Waals surface area contributed by atoms with Crippen LogP contribution in [0.3, 0.4) is 0 Å². The van der Waals surface area contributed by atoms with Gasteiger partial charge in [-0.2, -0.15) is 0 Å². The van der Waals surface area contributed by atoms with E-state index in [9.17, 15) is 14.9 Å². The number of nitro groups is 1. The lowest BCUT2D eigenvalue weighted by molar-refractivity contribution is -0.380. The first-order chi connectivity index (χ1) is 10.2. The molecule has 0 aromatic carbocycles. The zero-order valence-corrected chi connectivity index (χ0v) is 12.3. The van der Waals surface area contributed by atoms with Crippen molar-refractivity contribution in [3.8, 4) is 0 Å². The van der Waals surface area contributed by atoms with Gasteiger partial charge in [-0.1, -0.05) is 0 Å². The summed E-state index contributed by atoms with van der Waals surface area (Å²) in [5, 5.41) is 14.6. The van der Waals surface area contributed by atoms with Gasteiger partial charge in [0.25, 0.3) is 0 Å². The Bertz CT molecular complexity index is 543. The summed E-state index contributed by atoms with van der Waals surface area (Å²) in [6, 6.07) is -0.228. The average molecular weight is 311 g/mol. The van der Waals surface area contributed by atoms with E-state index < -0.39 is 4.92 Å². The van der Waals surface area contributed by atoms with Crippen LogP contribution in [0.15, 0.2) is 6.20 Å². The van der Waals surface area contributed by atoms with Gasteiger partial charge in [0.15, 0.2) is 5.13 Å². The van der Waals surface area contributed by atoms with Gasteiger partial charge in [-0.3, -0.25) is 14.9 Å². The highest BCUT2D eigenvalue weighted by Gasteiger charge is 2.36.